The topological polar surface area (TPSA) is 547 Å². The van der Waals surface area contributed by atoms with Crippen LogP contribution in [-0.4, -0.2) is 205 Å². The van der Waals surface area contributed by atoms with E-state index in [0.29, 0.717) is 17.6 Å². The van der Waals surface area contributed by atoms with Gasteiger partial charge in [-0.25, -0.2) is 4.79 Å². The molecular formula is C85H100ClN11O25. The predicted octanol–water partition coefficient (Wildman–Crippen LogP) is 3.49. The van der Waals surface area contributed by atoms with E-state index >= 15 is 28.8 Å². The van der Waals surface area contributed by atoms with Gasteiger partial charge in [0.05, 0.1) is 43.4 Å². The Balaban J connectivity index is 0.965. The summed E-state index contributed by atoms with van der Waals surface area (Å²) in [5, 5.41) is 133. The summed E-state index contributed by atoms with van der Waals surface area (Å²) in [6.07, 6.45) is -14.3. The molecule has 0 radical (unpaired) electrons. The second kappa shape index (κ2) is 35.8. The van der Waals surface area contributed by atoms with Crippen LogP contribution < -0.4 is 77.8 Å². The number of likely N-dealkylation sites (N-methyl/N-ethyl adjacent to an activating group) is 1. The number of phenols is 3. The number of nitrogens with two attached hydrogens (primary N) is 1. The standard InChI is InChI=1S/C85H100ClN11O25/c1-34(2)18-51(88-6)76(108)96-67-69(103)40-9-16-55(35(3)19-40)118-57-27-44-28-58(73(57)122-83-74(72(106)71(105)59(33-98)120-83)121-61-32-85(5,87)75(107)36(4)117-61)119-56-17-10-41(26-50(56)86)70(104)68-82(114)95-66(80(112)92-63-42-21-37-20-38(23-42)24-43(63)22-37)49-29-46(99)30-54(101)62(49)48-25-39(8-15-53(48)100)64(78(110)97-68)94-79(111)65(44)93-77(109)52(90-81(67)113)31-60(102)91-84(115)89-45-11-13-47(116-7)14-12-45/h8-17,19,25-30,34,36-38,42-43,51-52,59,61,63-72,74-75,83,88,98-101,103-107H,18,20-24,31-33,87H2,1-7H3,(H,90,113)(H,92,112)(H,93,109)(H,94,111)(H,95,114)(H,96,108)(H,97,110)(H2,89,91,102,115)/t36-,37?,38?,42?,43?,51+,52-,59+,61-,63?,64+,65+,66-,67+,68-,69+,70+,71+,72-,74+,75+,83-,85-/m0/s1. The summed E-state index contributed by atoms with van der Waals surface area (Å²) in [7, 11) is 2.90. The highest BCUT2D eigenvalue weighted by molar-refractivity contribution is 6.32. The molecule has 2 saturated heterocycles. The Bertz CT molecular complexity index is 5010. The first-order valence-electron chi connectivity index (χ1n) is 40.3. The first kappa shape index (κ1) is 87.4. The molecule has 6 aromatic carbocycles. The summed E-state index contributed by atoms with van der Waals surface area (Å²) in [4.78, 5) is 138. The lowest BCUT2D eigenvalue weighted by Crippen LogP contribution is -2.64. The lowest BCUT2D eigenvalue weighted by atomic mass is 9.54. The van der Waals surface area contributed by atoms with Crippen LogP contribution >= 0.6 is 11.6 Å². The fourth-order valence-corrected chi connectivity index (χ4v) is 18.3. The van der Waals surface area contributed by atoms with Crippen molar-refractivity contribution in [2.24, 2.45) is 35.3 Å². The second-order valence-electron chi connectivity index (χ2n) is 33.4. The van der Waals surface area contributed by atoms with Gasteiger partial charge in [-0.2, -0.15) is 0 Å². The summed E-state index contributed by atoms with van der Waals surface area (Å²) in [5.41, 5.74) is 3.43. The molecule has 10 amide bonds. The molecule has 7 heterocycles. The maximum atomic E-state index is 16.6. The number of amides is 10. The molecule has 0 unspecified atom stereocenters. The third kappa shape index (κ3) is 18.4. The number of carbonyl (C=O) groups excluding carboxylic acids is 9. The highest BCUT2D eigenvalue weighted by atomic mass is 35.5. The van der Waals surface area contributed by atoms with Crippen LogP contribution in [0.2, 0.25) is 5.02 Å². The van der Waals surface area contributed by atoms with E-state index in [9.17, 15) is 60.3 Å². The van der Waals surface area contributed by atoms with E-state index in [1.54, 1.807) is 0 Å². The number of aromatic hydroxyl groups is 3. The van der Waals surface area contributed by atoms with E-state index in [1.165, 1.54) is 89.5 Å². The number of aliphatic hydroxyl groups is 6. The number of nitrogens with one attached hydrogen (secondary N) is 10. The van der Waals surface area contributed by atoms with Gasteiger partial charge in [0.25, 0.3) is 0 Å². The average Bonchev–Trinajstić information content (AvgIpc) is 0.759. The van der Waals surface area contributed by atoms with Crippen LogP contribution in [0, 0.1) is 36.5 Å². The lowest BCUT2D eigenvalue weighted by Gasteiger charge is -2.54. The first-order valence-corrected chi connectivity index (χ1v) is 40.7. The molecule has 0 aromatic heterocycles. The molecule has 15 bridgehead atoms. The summed E-state index contributed by atoms with van der Waals surface area (Å²) in [5.74, 6) is -12.7. The molecule has 6 fully saturated rings. The molecule has 7 aliphatic heterocycles. The molecule has 6 aromatic rings. The van der Waals surface area contributed by atoms with E-state index in [2.05, 4.69) is 53.2 Å². The SMILES string of the molecule is CN[C@H](CC(C)C)C(=O)N[C@H]1C(=O)N[C@@H](CC(=O)NC(=O)Nc2ccc(OC)cc2)C(=O)N[C@H]2C(=O)N[C@H]3C(=O)N[C@H](C(=O)N[C@H](C(=O)NC4C5CC6CC(C5)CC4C6)c4cc(O)cc(O)c4-c4cc3ccc4O)[C@H](O)c3ccc(c(Cl)c3)Oc3cc2cc(c3O[C@@H]2O[C@H](CO)[C@@H](O)[C@H](O)[C@H]2O[C@H]2C[C@](C)(N)[C@H](O)[C@H](C)O2)Oc2ccc(cc2C)[C@H]1O. The van der Waals surface area contributed by atoms with E-state index in [0.717, 1.165) is 80.6 Å². The number of aliphatic hydroxyl groups excluding tert-OH is 6. The Morgan fingerprint density at radius 3 is 1.96 bits per heavy atom. The Morgan fingerprint density at radius 1 is 0.680 bits per heavy atom. The van der Waals surface area contributed by atoms with Gasteiger partial charge in [-0.15, -0.1) is 0 Å². The second-order valence-corrected chi connectivity index (χ2v) is 33.8. The maximum absolute atomic E-state index is 16.6. The maximum Gasteiger partial charge on any atom is 0.325 e. The van der Waals surface area contributed by atoms with Crippen molar-refractivity contribution in [3.8, 4) is 62.9 Å². The number of benzene rings is 6. The number of imide groups is 1. The minimum Gasteiger partial charge on any atom is -0.508 e. The summed E-state index contributed by atoms with van der Waals surface area (Å²) >= 11 is 7.29. The lowest BCUT2D eigenvalue weighted by molar-refractivity contribution is -0.333. The largest absolute Gasteiger partial charge is 0.508 e. The minimum absolute atomic E-state index is 0.0588. The Kier molecular flexibility index (Phi) is 25.6. The van der Waals surface area contributed by atoms with Crippen LogP contribution in [-0.2, 0) is 52.6 Å². The highest BCUT2D eigenvalue weighted by Crippen LogP contribution is 2.55. The number of halogens is 1. The number of carbonyl (C=O) groups is 9. The van der Waals surface area contributed by atoms with Crippen LogP contribution in [0.5, 0.6) is 51.7 Å². The molecule has 18 atom stereocenters. The third-order valence-electron chi connectivity index (χ3n) is 24.2. The number of methoxy groups -OCH3 is 1. The number of hydrogen-bond acceptors (Lipinski definition) is 27. The summed E-state index contributed by atoms with van der Waals surface area (Å²) < 4.78 is 44.5. The molecule has 36 nitrogen and oxygen atoms in total. The number of aryl methyl sites for hydroxylation is 1. The smallest absolute Gasteiger partial charge is 0.325 e. The molecule has 11 aliphatic rings. The number of anilines is 1. The predicted molar refractivity (Wildman–Crippen MR) is 431 cm³/mol. The molecule has 4 aliphatic carbocycles. The van der Waals surface area contributed by atoms with Crippen molar-refractivity contribution >= 4 is 70.6 Å². The first-order chi connectivity index (χ1) is 58.0. The van der Waals surface area contributed by atoms with Gasteiger partial charge in [-0.3, -0.25) is 43.7 Å². The number of urea groups is 1. The molecule has 4 saturated carbocycles. The minimum atomic E-state index is -2.39. The van der Waals surface area contributed by atoms with Gasteiger partial charge < -0.3 is 133 Å². The molecular weight excluding hydrogens is 1610 g/mol. The quantitative estimate of drug-likeness (QED) is 0.0659. The molecule has 652 valence electrons. The van der Waals surface area contributed by atoms with Crippen LogP contribution in [0.3, 0.4) is 0 Å². The fourth-order valence-electron chi connectivity index (χ4n) is 18.1. The molecule has 122 heavy (non-hydrogen) atoms. The van der Waals surface area contributed by atoms with Gasteiger partial charge in [-0.05, 0) is 208 Å². The van der Waals surface area contributed by atoms with Crippen molar-refractivity contribution < 1.29 is 122 Å². The zero-order chi connectivity index (χ0) is 87.4. The van der Waals surface area contributed by atoms with E-state index < -0.39 is 221 Å². The van der Waals surface area contributed by atoms with E-state index in [-0.39, 0.29) is 92.8 Å². The van der Waals surface area contributed by atoms with Crippen molar-refractivity contribution in [2.75, 3.05) is 26.1 Å². The Hall–Kier alpha value is -11.0. The van der Waals surface area contributed by atoms with Gasteiger partial charge in [-0.1, -0.05) is 43.6 Å². The number of ether oxygens (including phenoxy) is 7. The average molecular weight is 1710 g/mol. The van der Waals surface area contributed by atoms with E-state index in [1.807, 2.05) is 13.8 Å². The fraction of sp³-hybridized carbons (Fsp3) is 0.471. The third-order valence-corrected chi connectivity index (χ3v) is 24.4. The number of hydrogen-bond donors (Lipinski definition) is 20. The normalized spacial score (nSPS) is 30.8. The van der Waals surface area contributed by atoms with E-state index in [4.69, 9.17) is 50.5 Å². The van der Waals surface area contributed by atoms with Crippen molar-refractivity contribution in [1.29, 1.82) is 0 Å². The van der Waals surface area contributed by atoms with Crippen molar-refractivity contribution in [2.45, 2.75) is 201 Å². The highest BCUT2D eigenvalue weighted by Gasteiger charge is 2.53. The zero-order valence-corrected chi connectivity index (χ0v) is 68.2. The van der Waals surface area contributed by atoms with Crippen LogP contribution in [0.1, 0.15) is 143 Å². The van der Waals surface area contributed by atoms with Crippen molar-refractivity contribution in [3.05, 3.63) is 142 Å². The van der Waals surface area contributed by atoms with Crippen LogP contribution in [0.15, 0.2) is 103 Å². The molecule has 21 N–H and O–H groups in total. The number of fused-ring (bicyclic) bond motifs is 15. The van der Waals surface area contributed by atoms with Gasteiger partial charge in [0.1, 0.15) is 101 Å². The van der Waals surface area contributed by atoms with Crippen LogP contribution in [0.25, 0.3) is 11.1 Å². The Labute approximate surface area is 704 Å². The summed E-state index contributed by atoms with van der Waals surface area (Å²) in [6.45, 7) is 7.23. The number of phenolic OH excluding ortho intramolecular Hbond substituents is 3. The zero-order valence-electron chi connectivity index (χ0n) is 67.5. The van der Waals surface area contributed by atoms with Gasteiger partial charge in [0.15, 0.2) is 23.9 Å². The Morgan fingerprint density at radius 2 is 1.32 bits per heavy atom. The molecule has 17 rings (SSSR count). The van der Waals surface area contributed by atoms with Gasteiger partial charge in [0, 0.05) is 40.9 Å². The van der Waals surface area contributed by atoms with Crippen molar-refractivity contribution in [1.82, 2.24) is 47.9 Å². The van der Waals surface area contributed by atoms with Gasteiger partial charge in [0.2, 0.25) is 59.3 Å². The van der Waals surface area contributed by atoms with Crippen molar-refractivity contribution in [3.63, 3.8) is 0 Å². The van der Waals surface area contributed by atoms with Crippen LogP contribution in [0.4, 0.5) is 10.5 Å². The monoisotopic (exact) mass is 1710 g/mol. The summed E-state index contributed by atoms with van der Waals surface area (Å²) in [6, 6.07) is 5.32. The van der Waals surface area contributed by atoms with Gasteiger partial charge >= 0.3 is 6.03 Å². The number of rotatable bonds is 16. The molecule has 37 heteroatoms. The molecule has 0 spiro atoms.